The topological polar surface area (TPSA) is 102 Å². The molecular weight excluding hydrogens is 398 g/mol. The van der Waals surface area contributed by atoms with Crippen LogP contribution in [-0.2, 0) is 17.8 Å². The molecule has 3 N–H and O–H groups in total. The van der Waals surface area contributed by atoms with Crippen LogP contribution in [0.1, 0.15) is 16.1 Å². The number of benzene rings is 3. The summed E-state index contributed by atoms with van der Waals surface area (Å²) in [5.41, 5.74) is 9.94. The minimum atomic E-state index is -0.280. The van der Waals surface area contributed by atoms with E-state index in [0.717, 1.165) is 16.9 Å². The lowest BCUT2D eigenvalue weighted by Crippen LogP contribution is -2.19. The van der Waals surface area contributed by atoms with E-state index in [9.17, 15) is 4.79 Å². The van der Waals surface area contributed by atoms with E-state index in [1.807, 2.05) is 42.5 Å². The number of nitrogens with zero attached hydrogens (tertiary/aromatic N) is 3. The number of aromatic nitrogens is 2. The molecule has 4 aromatic rings. The average Bonchev–Trinajstić information content (AvgIpc) is 3.17. The van der Waals surface area contributed by atoms with Gasteiger partial charge in [0.15, 0.2) is 0 Å². The summed E-state index contributed by atoms with van der Waals surface area (Å²) in [6.45, 7) is 0.487. The van der Waals surface area contributed by atoms with Crippen LogP contribution >= 0.6 is 11.3 Å². The molecule has 1 heterocycles. The molecule has 0 atom stereocenters. The van der Waals surface area contributed by atoms with Gasteiger partial charge in [-0.1, -0.05) is 53.8 Å². The van der Waals surface area contributed by atoms with Gasteiger partial charge in [0.25, 0.3) is 0 Å². The first-order valence-electron chi connectivity index (χ1n) is 9.26. The highest BCUT2D eigenvalue weighted by molar-refractivity contribution is 7.15. The molecule has 1 aromatic heterocycles. The Morgan fingerprint density at radius 1 is 1.07 bits per heavy atom. The maximum atomic E-state index is 11.8. The molecule has 1 amide bonds. The lowest BCUT2D eigenvalue weighted by atomic mass is 10.1. The van der Waals surface area contributed by atoms with Crippen LogP contribution in [0.5, 0.6) is 5.75 Å². The largest absolute Gasteiger partial charge is 0.489 e. The number of carbonyl (C=O) groups is 1. The molecule has 7 nitrogen and oxygen atoms in total. The summed E-state index contributed by atoms with van der Waals surface area (Å²) >= 11 is 1.18. The molecule has 0 unspecified atom stereocenters. The number of anilines is 1. The van der Waals surface area contributed by atoms with Gasteiger partial charge in [-0.3, -0.25) is 4.79 Å². The third kappa shape index (κ3) is 4.98. The van der Waals surface area contributed by atoms with Gasteiger partial charge in [-0.25, -0.2) is 5.43 Å². The van der Waals surface area contributed by atoms with Crippen LogP contribution in [0.15, 0.2) is 71.8 Å². The summed E-state index contributed by atoms with van der Waals surface area (Å²) < 4.78 is 5.93. The second kappa shape index (κ2) is 9.15. The van der Waals surface area contributed by atoms with Crippen molar-refractivity contribution in [3.05, 3.63) is 82.9 Å². The van der Waals surface area contributed by atoms with Gasteiger partial charge in [0, 0.05) is 0 Å². The van der Waals surface area contributed by atoms with Crippen molar-refractivity contribution in [1.82, 2.24) is 15.6 Å². The zero-order chi connectivity index (χ0) is 20.8. The van der Waals surface area contributed by atoms with Gasteiger partial charge in [-0.2, -0.15) is 5.10 Å². The minimum Gasteiger partial charge on any atom is -0.489 e. The average molecular weight is 417 g/mol. The van der Waals surface area contributed by atoms with Crippen LogP contribution in [0.25, 0.3) is 10.8 Å². The molecule has 0 saturated carbocycles. The highest BCUT2D eigenvalue weighted by Gasteiger charge is 2.07. The smallest absolute Gasteiger partial charge is 0.247 e. The van der Waals surface area contributed by atoms with Crippen LogP contribution < -0.4 is 15.9 Å². The van der Waals surface area contributed by atoms with Gasteiger partial charge < -0.3 is 10.5 Å². The molecule has 0 bridgehead atoms. The van der Waals surface area contributed by atoms with E-state index in [1.54, 1.807) is 6.21 Å². The Morgan fingerprint density at radius 3 is 2.67 bits per heavy atom. The quantitative estimate of drug-likeness (QED) is 0.354. The Bertz CT molecular complexity index is 1180. The second-order valence-electron chi connectivity index (χ2n) is 6.50. The summed E-state index contributed by atoms with van der Waals surface area (Å²) in [4.78, 5) is 11.8. The van der Waals surface area contributed by atoms with E-state index < -0.39 is 0 Å². The number of nitrogens with one attached hydrogen (secondary N) is 1. The normalized spacial score (nSPS) is 11.1. The first kappa shape index (κ1) is 19.5. The Morgan fingerprint density at radius 2 is 1.87 bits per heavy atom. The van der Waals surface area contributed by atoms with Crippen molar-refractivity contribution in [1.29, 1.82) is 0 Å². The van der Waals surface area contributed by atoms with Crippen molar-refractivity contribution in [3.63, 3.8) is 0 Å². The van der Waals surface area contributed by atoms with Crippen molar-refractivity contribution < 1.29 is 9.53 Å². The molecule has 150 valence electrons. The van der Waals surface area contributed by atoms with Crippen LogP contribution in [0.4, 0.5) is 5.13 Å². The van der Waals surface area contributed by atoms with E-state index in [1.165, 1.54) is 22.1 Å². The molecule has 0 saturated heterocycles. The first-order chi connectivity index (χ1) is 14.7. The van der Waals surface area contributed by atoms with Gasteiger partial charge >= 0.3 is 0 Å². The summed E-state index contributed by atoms with van der Waals surface area (Å²) in [7, 11) is 0. The Hall–Kier alpha value is -3.78. The van der Waals surface area contributed by atoms with Gasteiger partial charge in [0.05, 0.1) is 12.6 Å². The van der Waals surface area contributed by atoms with E-state index >= 15 is 0 Å². The third-order valence-electron chi connectivity index (χ3n) is 4.35. The van der Waals surface area contributed by atoms with Gasteiger partial charge in [0.2, 0.25) is 11.0 Å². The highest BCUT2D eigenvalue weighted by Crippen LogP contribution is 2.21. The third-order valence-corrected chi connectivity index (χ3v) is 5.10. The molecule has 3 aromatic carbocycles. The molecule has 0 aliphatic carbocycles. The lowest BCUT2D eigenvalue weighted by molar-refractivity contribution is -0.120. The molecule has 8 heteroatoms. The van der Waals surface area contributed by atoms with Crippen molar-refractivity contribution >= 4 is 39.4 Å². The lowest BCUT2D eigenvalue weighted by Gasteiger charge is -2.09. The van der Waals surface area contributed by atoms with Crippen molar-refractivity contribution in [3.8, 4) is 5.75 Å². The number of amides is 1. The Kier molecular flexibility index (Phi) is 5.95. The number of fused-ring (bicyclic) bond motifs is 1. The van der Waals surface area contributed by atoms with Crippen molar-refractivity contribution in [2.45, 2.75) is 13.0 Å². The summed E-state index contributed by atoms with van der Waals surface area (Å²) in [5, 5.41) is 14.7. The Balaban J connectivity index is 1.30. The second-order valence-corrected chi connectivity index (χ2v) is 7.59. The molecule has 30 heavy (non-hydrogen) atoms. The molecule has 4 rings (SSSR count). The standard InChI is InChI=1S/C22H19N5O2S/c23-22-27-26-21(30-22)12-20(28)25-24-13-15-8-10-18(11-9-15)29-14-17-6-3-5-16-4-1-2-7-19(16)17/h1-11,13H,12,14H2,(H2,23,27)(H,25,28)/b24-13-. The number of hydrogen-bond acceptors (Lipinski definition) is 7. The molecule has 0 aliphatic heterocycles. The van der Waals surface area contributed by atoms with Gasteiger partial charge in [-0.15, -0.1) is 10.2 Å². The van der Waals surface area contributed by atoms with Crippen LogP contribution in [0, 0.1) is 0 Å². The van der Waals surface area contributed by atoms with E-state index in [4.69, 9.17) is 10.5 Å². The van der Waals surface area contributed by atoms with E-state index in [0.29, 0.717) is 16.7 Å². The summed E-state index contributed by atoms with van der Waals surface area (Å²) in [6, 6.07) is 21.9. The predicted octanol–water partition coefficient (Wildman–Crippen LogP) is 3.55. The van der Waals surface area contributed by atoms with E-state index in [2.05, 4.69) is 45.0 Å². The maximum Gasteiger partial charge on any atom is 0.247 e. The SMILES string of the molecule is Nc1nnc(CC(=O)N/N=C\c2ccc(OCc3cccc4ccccc34)cc2)s1. The van der Waals surface area contributed by atoms with E-state index in [-0.39, 0.29) is 12.3 Å². The molecule has 0 fully saturated rings. The molecule has 0 spiro atoms. The molecule has 0 radical (unpaired) electrons. The monoisotopic (exact) mass is 417 g/mol. The van der Waals surface area contributed by atoms with Gasteiger partial charge in [0.1, 0.15) is 17.4 Å². The number of rotatable bonds is 7. The Labute approximate surface area is 177 Å². The number of ether oxygens (including phenoxy) is 1. The number of hydrogen-bond donors (Lipinski definition) is 2. The summed E-state index contributed by atoms with van der Waals surface area (Å²) in [6.07, 6.45) is 1.66. The fourth-order valence-electron chi connectivity index (χ4n) is 2.92. The van der Waals surface area contributed by atoms with Crippen LogP contribution in [0.3, 0.4) is 0 Å². The van der Waals surface area contributed by atoms with Crippen molar-refractivity contribution in [2.24, 2.45) is 5.10 Å². The molecular formula is C22H19N5O2S. The zero-order valence-corrected chi connectivity index (χ0v) is 16.8. The fraction of sp³-hybridized carbons (Fsp3) is 0.0909. The zero-order valence-electron chi connectivity index (χ0n) is 16.0. The summed E-state index contributed by atoms with van der Waals surface area (Å²) in [5.74, 6) is 0.482. The number of carbonyl (C=O) groups excluding carboxylic acids is 1. The van der Waals surface area contributed by atoms with Gasteiger partial charge in [-0.05, 0) is 46.2 Å². The first-order valence-corrected chi connectivity index (χ1v) is 10.1. The highest BCUT2D eigenvalue weighted by atomic mass is 32.1. The van der Waals surface area contributed by atoms with Crippen LogP contribution in [0.2, 0.25) is 0 Å². The maximum absolute atomic E-state index is 11.8. The van der Waals surface area contributed by atoms with Crippen molar-refractivity contribution in [2.75, 3.05) is 5.73 Å². The fourth-order valence-corrected chi connectivity index (χ4v) is 3.53. The number of nitrogen functional groups attached to an aromatic ring is 1. The minimum absolute atomic E-state index is 0.0904. The number of hydrazone groups is 1. The molecule has 0 aliphatic rings. The predicted molar refractivity (Wildman–Crippen MR) is 118 cm³/mol. The number of nitrogens with two attached hydrogens (primary N) is 1. The van der Waals surface area contributed by atoms with Crippen LogP contribution in [-0.4, -0.2) is 22.3 Å².